The van der Waals surface area contributed by atoms with Gasteiger partial charge in [-0.3, -0.25) is 0 Å². The zero-order valence-electron chi connectivity index (χ0n) is 18.5. The third kappa shape index (κ3) is 5.76. The molecule has 168 valence electrons. The van der Waals surface area contributed by atoms with E-state index < -0.39 is 0 Å². The average molecular weight is 427 g/mol. The maximum absolute atomic E-state index is 9.32. The number of rotatable bonds is 7. The summed E-state index contributed by atoms with van der Waals surface area (Å²) in [6, 6.07) is 8.99. The minimum absolute atomic E-state index is 0.305. The number of aliphatic hydroxyl groups excluding tert-OH is 1. The van der Waals surface area contributed by atoms with Gasteiger partial charge >= 0.3 is 6.01 Å². The van der Waals surface area contributed by atoms with Gasteiger partial charge in [0.1, 0.15) is 0 Å². The number of piperidine rings is 1. The number of nitrogens with one attached hydrogen (secondary N) is 1. The zero-order valence-corrected chi connectivity index (χ0v) is 18.5. The minimum Gasteiger partial charge on any atom is -0.467 e. The Bertz CT molecular complexity index is 815. The van der Waals surface area contributed by atoms with Crippen molar-refractivity contribution in [2.45, 2.75) is 45.1 Å². The lowest BCUT2D eigenvalue weighted by atomic mass is 9.97. The first-order valence-corrected chi connectivity index (χ1v) is 11.5. The van der Waals surface area contributed by atoms with Crippen LogP contribution in [0.25, 0.3) is 0 Å². The summed E-state index contributed by atoms with van der Waals surface area (Å²) in [4.78, 5) is 18.1. The Labute approximate surface area is 184 Å². The SMILES string of the molecule is COc1nc(NCc2ccc(N3CCC(CO)CC3)cc2)nc(N2CCCCCC2)n1. The molecule has 0 bridgehead atoms. The number of aromatic nitrogens is 3. The van der Waals surface area contributed by atoms with Gasteiger partial charge in [0, 0.05) is 45.0 Å². The van der Waals surface area contributed by atoms with E-state index in [2.05, 4.69) is 54.3 Å². The molecule has 0 radical (unpaired) electrons. The van der Waals surface area contributed by atoms with Crippen LogP contribution in [-0.4, -0.2) is 60.0 Å². The van der Waals surface area contributed by atoms with E-state index in [-0.39, 0.29) is 0 Å². The summed E-state index contributed by atoms with van der Waals surface area (Å²) < 4.78 is 5.32. The van der Waals surface area contributed by atoms with Gasteiger partial charge in [-0.15, -0.1) is 0 Å². The van der Waals surface area contributed by atoms with Crippen LogP contribution in [0.1, 0.15) is 44.1 Å². The second-order valence-corrected chi connectivity index (χ2v) is 8.48. The lowest BCUT2D eigenvalue weighted by Gasteiger charge is -2.33. The first-order valence-electron chi connectivity index (χ1n) is 11.5. The normalized spacial score (nSPS) is 18.0. The molecule has 0 aliphatic carbocycles. The van der Waals surface area contributed by atoms with Gasteiger partial charge in [0.15, 0.2) is 0 Å². The number of methoxy groups -OCH3 is 1. The van der Waals surface area contributed by atoms with Crippen molar-refractivity contribution in [1.82, 2.24) is 15.0 Å². The highest BCUT2D eigenvalue weighted by Crippen LogP contribution is 2.24. The van der Waals surface area contributed by atoms with E-state index in [0.717, 1.165) is 39.0 Å². The molecule has 0 atom stereocenters. The molecule has 2 aromatic rings. The number of hydrogen-bond acceptors (Lipinski definition) is 8. The van der Waals surface area contributed by atoms with Crippen LogP contribution < -0.4 is 19.9 Å². The first-order chi connectivity index (χ1) is 15.2. The van der Waals surface area contributed by atoms with E-state index in [1.807, 2.05) is 0 Å². The van der Waals surface area contributed by atoms with E-state index in [1.165, 1.54) is 36.9 Å². The molecule has 31 heavy (non-hydrogen) atoms. The summed E-state index contributed by atoms with van der Waals surface area (Å²) in [5.41, 5.74) is 2.41. The van der Waals surface area contributed by atoms with Crippen molar-refractivity contribution in [1.29, 1.82) is 0 Å². The predicted molar refractivity (Wildman–Crippen MR) is 123 cm³/mol. The summed E-state index contributed by atoms with van der Waals surface area (Å²) >= 11 is 0. The fourth-order valence-electron chi connectivity index (χ4n) is 4.31. The van der Waals surface area contributed by atoms with Gasteiger partial charge in [0.05, 0.1) is 7.11 Å². The summed E-state index contributed by atoms with van der Waals surface area (Å²) in [6.07, 6.45) is 6.97. The van der Waals surface area contributed by atoms with Gasteiger partial charge in [-0.1, -0.05) is 25.0 Å². The molecule has 8 nitrogen and oxygen atoms in total. The lowest BCUT2D eigenvalue weighted by molar-refractivity contribution is 0.203. The Morgan fingerprint density at radius 2 is 1.65 bits per heavy atom. The van der Waals surface area contributed by atoms with Gasteiger partial charge in [0.25, 0.3) is 0 Å². The summed E-state index contributed by atoms with van der Waals surface area (Å²) in [7, 11) is 1.59. The van der Waals surface area contributed by atoms with Gasteiger partial charge in [-0.2, -0.15) is 15.0 Å². The fourth-order valence-corrected chi connectivity index (χ4v) is 4.31. The first kappa shape index (κ1) is 21.6. The maximum Gasteiger partial charge on any atom is 0.322 e. The largest absolute Gasteiger partial charge is 0.467 e. The van der Waals surface area contributed by atoms with Crippen molar-refractivity contribution in [3.8, 4) is 6.01 Å². The molecule has 1 aromatic carbocycles. The molecule has 1 aromatic heterocycles. The molecule has 2 N–H and O–H groups in total. The van der Waals surface area contributed by atoms with Crippen LogP contribution >= 0.6 is 0 Å². The Morgan fingerprint density at radius 1 is 0.935 bits per heavy atom. The van der Waals surface area contributed by atoms with Crippen LogP contribution in [-0.2, 0) is 6.54 Å². The third-order valence-corrected chi connectivity index (χ3v) is 6.30. The third-order valence-electron chi connectivity index (χ3n) is 6.30. The van der Waals surface area contributed by atoms with E-state index >= 15 is 0 Å². The standard InChI is InChI=1S/C23H34N6O2/c1-31-23-26-21(25-22(27-23)29-12-4-2-3-5-13-29)24-16-18-6-8-20(9-7-18)28-14-10-19(17-30)11-15-28/h6-9,19,30H,2-5,10-17H2,1H3,(H,24,25,26,27). The van der Waals surface area contributed by atoms with Crippen molar-refractivity contribution >= 4 is 17.6 Å². The Balaban J connectivity index is 1.37. The van der Waals surface area contributed by atoms with Crippen LogP contribution in [0, 0.1) is 5.92 Å². The Kier molecular flexibility index (Phi) is 7.40. The number of nitrogens with zero attached hydrogens (tertiary/aromatic N) is 5. The minimum atomic E-state index is 0.305. The quantitative estimate of drug-likeness (QED) is 0.699. The molecular formula is C23H34N6O2. The molecule has 0 saturated carbocycles. The molecule has 8 heteroatoms. The van der Waals surface area contributed by atoms with Crippen LogP contribution in [0.2, 0.25) is 0 Å². The summed E-state index contributed by atoms with van der Waals surface area (Å²) in [5, 5.41) is 12.7. The maximum atomic E-state index is 9.32. The molecule has 0 spiro atoms. The summed E-state index contributed by atoms with van der Waals surface area (Å²) in [5.74, 6) is 1.69. The second-order valence-electron chi connectivity index (χ2n) is 8.48. The summed E-state index contributed by atoms with van der Waals surface area (Å²) in [6.45, 7) is 4.91. The van der Waals surface area contributed by atoms with Crippen molar-refractivity contribution in [3.63, 3.8) is 0 Å². The molecule has 2 aliphatic heterocycles. The van der Waals surface area contributed by atoms with Crippen molar-refractivity contribution in [3.05, 3.63) is 29.8 Å². The molecule has 2 fully saturated rings. The highest BCUT2D eigenvalue weighted by molar-refractivity contribution is 5.48. The fraction of sp³-hybridized carbons (Fsp3) is 0.609. The highest BCUT2D eigenvalue weighted by atomic mass is 16.5. The molecule has 2 aliphatic rings. The molecule has 3 heterocycles. The van der Waals surface area contributed by atoms with Crippen LogP contribution in [0.5, 0.6) is 6.01 Å². The van der Waals surface area contributed by atoms with E-state index in [0.29, 0.717) is 37.0 Å². The average Bonchev–Trinajstić information content (AvgIpc) is 3.13. The van der Waals surface area contributed by atoms with E-state index in [4.69, 9.17) is 4.74 Å². The van der Waals surface area contributed by atoms with Crippen LogP contribution in [0.3, 0.4) is 0 Å². The van der Waals surface area contributed by atoms with Crippen molar-refractivity contribution < 1.29 is 9.84 Å². The van der Waals surface area contributed by atoms with Crippen LogP contribution in [0.4, 0.5) is 17.6 Å². The second kappa shape index (κ2) is 10.6. The highest BCUT2D eigenvalue weighted by Gasteiger charge is 2.19. The zero-order chi connectivity index (χ0) is 21.5. The molecule has 4 rings (SSSR count). The van der Waals surface area contributed by atoms with Crippen molar-refractivity contribution in [2.75, 3.05) is 55.0 Å². The van der Waals surface area contributed by atoms with E-state index in [1.54, 1.807) is 7.11 Å². The van der Waals surface area contributed by atoms with Crippen LogP contribution in [0.15, 0.2) is 24.3 Å². The monoisotopic (exact) mass is 426 g/mol. The Hall–Kier alpha value is -2.61. The molecule has 2 saturated heterocycles. The van der Waals surface area contributed by atoms with E-state index in [9.17, 15) is 5.11 Å². The Morgan fingerprint density at radius 3 is 2.29 bits per heavy atom. The number of anilines is 3. The molecular weight excluding hydrogens is 392 g/mol. The smallest absolute Gasteiger partial charge is 0.322 e. The number of benzene rings is 1. The lowest BCUT2D eigenvalue weighted by Crippen LogP contribution is -2.34. The van der Waals surface area contributed by atoms with Gasteiger partial charge in [0.2, 0.25) is 11.9 Å². The van der Waals surface area contributed by atoms with Crippen molar-refractivity contribution in [2.24, 2.45) is 5.92 Å². The number of hydrogen-bond donors (Lipinski definition) is 2. The number of ether oxygens (including phenoxy) is 1. The van der Waals surface area contributed by atoms with Gasteiger partial charge in [-0.05, 0) is 49.3 Å². The van der Waals surface area contributed by atoms with Gasteiger partial charge in [-0.25, -0.2) is 0 Å². The van der Waals surface area contributed by atoms with Gasteiger partial charge < -0.3 is 25.0 Å². The number of aliphatic hydroxyl groups is 1. The predicted octanol–water partition coefficient (Wildman–Crippen LogP) is 3.08. The topological polar surface area (TPSA) is 86.6 Å². The molecule has 0 unspecified atom stereocenters. The molecule has 0 amide bonds.